The predicted molar refractivity (Wildman–Crippen MR) is 128 cm³/mol. The number of sulfonamides is 1. The smallest absolute Gasteiger partial charge is 0.263 e. The maximum Gasteiger partial charge on any atom is 0.263 e. The predicted octanol–water partition coefficient (Wildman–Crippen LogP) is 5.19. The molecule has 3 aromatic heterocycles. The molecule has 2 N–H and O–H groups in total. The number of hydrogen-bond donors (Lipinski definition) is 2. The van der Waals surface area contributed by atoms with E-state index in [1.54, 1.807) is 42.9 Å². The quantitative estimate of drug-likeness (QED) is 0.346. The van der Waals surface area contributed by atoms with Crippen LogP contribution in [0.15, 0.2) is 78.1 Å². The van der Waals surface area contributed by atoms with Crippen LogP contribution in [0.4, 0.5) is 5.69 Å². The van der Waals surface area contributed by atoms with Crippen molar-refractivity contribution in [3.05, 3.63) is 83.2 Å². The van der Waals surface area contributed by atoms with E-state index in [-0.39, 0.29) is 14.9 Å². The van der Waals surface area contributed by atoms with Gasteiger partial charge in [0.2, 0.25) is 0 Å². The Morgan fingerprint density at radius 2 is 1.64 bits per heavy atom. The summed E-state index contributed by atoms with van der Waals surface area (Å²) in [6.07, 6.45) is 5.06. The van der Waals surface area contributed by atoms with Crippen LogP contribution in [0.5, 0.6) is 0 Å². The van der Waals surface area contributed by atoms with Gasteiger partial charge in [-0.25, -0.2) is 18.4 Å². The van der Waals surface area contributed by atoms with Crippen LogP contribution in [0.3, 0.4) is 0 Å². The van der Waals surface area contributed by atoms with Gasteiger partial charge in [-0.3, -0.25) is 14.8 Å². The number of benzene rings is 2. The first-order chi connectivity index (χ1) is 15.9. The number of anilines is 1. The summed E-state index contributed by atoms with van der Waals surface area (Å²) < 4.78 is 28.0. The molecule has 5 rings (SSSR count). The van der Waals surface area contributed by atoms with E-state index in [0.29, 0.717) is 28.4 Å². The number of fused-ring (bicyclic) bond motifs is 1. The van der Waals surface area contributed by atoms with Gasteiger partial charge in [-0.2, -0.15) is 5.10 Å². The summed E-state index contributed by atoms with van der Waals surface area (Å²) in [5.74, 6) is 0.464. The fourth-order valence-corrected chi connectivity index (χ4v) is 5.10. The van der Waals surface area contributed by atoms with Gasteiger partial charge < -0.3 is 0 Å². The van der Waals surface area contributed by atoms with Crippen LogP contribution in [-0.4, -0.2) is 33.6 Å². The molecule has 0 aliphatic carbocycles. The number of rotatable bonds is 5. The Hall–Kier alpha value is -3.53. The normalized spacial score (nSPS) is 11.6. The van der Waals surface area contributed by atoms with Crippen LogP contribution < -0.4 is 4.72 Å². The number of aromatic nitrogens is 5. The number of nitrogens with zero attached hydrogens (tertiary/aromatic N) is 4. The minimum absolute atomic E-state index is 0.0772. The van der Waals surface area contributed by atoms with Crippen molar-refractivity contribution in [2.45, 2.75) is 4.90 Å². The highest BCUT2D eigenvalue weighted by Crippen LogP contribution is 2.30. The number of nitrogens with one attached hydrogen (secondary N) is 2. The highest BCUT2D eigenvalue weighted by atomic mass is 35.5. The number of hydrogen-bond acceptors (Lipinski definition) is 6. The Labute approximate surface area is 198 Å². The number of halogens is 2. The first kappa shape index (κ1) is 21.3. The molecule has 33 heavy (non-hydrogen) atoms. The number of pyridine rings is 1. The van der Waals surface area contributed by atoms with Crippen molar-refractivity contribution < 1.29 is 8.42 Å². The lowest BCUT2D eigenvalue weighted by molar-refractivity contribution is 0.601. The highest BCUT2D eigenvalue weighted by Gasteiger charge is 2.19. The van der Waals surface area contributed by atoms with Crippen LogP contribution in [0.2, 0.25) is 10.0 Å². The van der Waals surface area contributed by atoms with E-state index >= 15 is 0 Å². The summed E-state index contributed by atoms with van der Waals surface area (Å²) in [5, 5.41) is 8.09. The van der Waals surface area contributed by atoms with Gasteiger partial charge in [0.1, 0.15) is 4.90 Å². The second-order valence-corrected chi connectivity index (χ2v) is 9.52. The second-order valence-electron chi connectivity index (χ2n) is 7.02. The molecule has 0 unspecified atom stereocenters. The molecule has 0 saturated heterocycles. The summed E-state index contributed by atoms with van der Waals surface area (Å²) in [6.45, 7) is 0. The summed E-state index contributed by atoms with van der Waals surface area (Å²) in [6, 6.07) is 14.7. The Balaban J connectivity index is 1.48. The third-order valence-electron chi connectivity index (χ3n) is 4.84. The second kappa shape index (κ2) is 8.43. The maximum atomic E-state index is 12.8. The van der Waals surface area contributed by atoms with E-state index in [9.17, 15) is 8.42 Å². The molecule has 0 radical (unpaired) electrons. The lowest BCUT2D eigenvalue weighted by Crippen LogP contribution is -2.13. The zero-order valence-corrected chi connectivity index (χ0v) is 19.0. The van der Waals surface area contributed by atoms with Gasteiger partial charge in [0, 0.05) is 34.2 Å². The van der Waals surface area contributed by atoms with Gasteiger partial charge in [0.05, 0.1) is 22.3 Å². The van der Waals surface area contributed by atoms with Crippen molar-refractivity contribution in [2.24, 2.45) is 0 Å². The van der Waals surface area contributed by atoms with E-state index in [1.807, 2.05) is 12.1 Å². The summed E-state index contributed by atoms with van der Waals surface area (Å²) in [4.78, 5) is 13.2. The third-order valence-corrected chi connectivity index (χ3v) is 6.94. The molecular formula is C22H14Cl2N6O2S. The van der Waals surface area contributed by atoms with Gasteiger partial charge in [0.15, 0.2) is 11.5 Å². The van der Waals surface area contributed by atoms with Gasteiger partial charge >= 0.3 is 0 Å². The summed E-state index contributed by atoms with van der Waals surface area (Å²) in [7, 11) is -3.92. The molecule has 0 amide bonds. The van der Waals surface area contributed by atoms with E-state index < -0.39 is 10.0 Å². The molecule has 0 saturated carbocycles. The minimum atomic E-state index is -3.92. The molecule has 164 valence electrons. The monoisotopic (exact) mass is 496 g/mol. The van der Waals surface area contributed by atoms with Crippen LogP contribution in [0.1, 0.15) is 0 Å². The first-order valence-corrected chi connectivity index (χ1v) is 11.8. The molecule has 0 fully saturated rings. The van der Waals surface area contributed by atoms with Crippen LogP contribution >= 0.6 is 23.2 Å². The Bertz CT molecular complexity index is 1570. The molecule has 11 heteroatoms. The van der Waals surface area contributed by atoms with Crippen molar-refractivity contribution >= 4 is 49.9 Å². The Kier molecular flexibility index (Phi) is 5.45. The van der Waals surface area contributed by atoms with E-state index in [0.717, 1.165) is 10.9 Å². The van der Waals surface area contributed by atoms with Gasteiger partial charge in [-0.15, -0.1) is 0 Å². The Morgan fingerprint density at radius 3 is 2.39 bits per heavy atom. The van der Waals surface area contributed by atoms with Crippen molar-refractivity contribution in [1.82, 2.24) is 25.1 Å². The maximum absolute atomic E-state index is 12.8. The van der Waals surface area contributed by atoms with Crippen molar-refractivity contribution in [2.75, 3.05) is 4.72 Å². The molecule has 5 aromatic rings. The summed E-state index contributed by atoms with van der Waals surface area (Å²) >= 11 is 12.0. The average molecular weight is 497 g/mol. The zero-order valence-electron chi connectivity index (χ0n) is 16.7. The summed E-state index contributed by atoms with van der Waals surface area (Å²) in [5.41, 5.74) is 3.24. The average Bonchev–Trinajstić information content (AvgIpc) is 3.29. The fraction of sp³-hybridized carbons (Fsp3) is 0. The first-order valence-electron chi connectivity index (χ1n) is 9.60. The van der Waals surface area contributed by atoms with Crippen molar-refractivity contribution in [1.29, 1.82) is 0 Å². The van der Waals surface area contributed by atoms with E-state index in [4.69, 9.17) is 28.2 Å². The van der Waals surface area contributed by atoms with Crippen molar-refractivity contribution in [3.8, 4) is 22.6 Å². The molecule has 0 aliphatic heterocycles. The molecular weight excluding hydrogens is 483 g/mol. The van der Waals surface area contributed by atoms with Crippen LogP contribution in [0.25, 0.3) is 33.7 Å². The standard InChI is InChI=1S/C22H14Cl2N6O2S/c23-15-3-6-18(24)19(11-15)33(31,32)30-16-4-1-14(2-5-16)21-27-20(13-7-9-25-10-8-13)17-12-26-29-22(17)28-21/h1-12,30H,(H,26,27,28,29). The fourth-order valence-electron chi connectivity index (χ4n) is 3.27. The number of H-pyrrole nitrogens is 1. The molecule has 0 atom stereocenters. The van der Waals surface area contributed by atoms with Gasteiger partial charge in [0.25, 0.3) is 10.0 Å². The lowest BCUT2D eigenvalue weighted by Gasteiger charge is -2.11. The van der Waals surface area contributed by atoms with Crippen LogP contribution in [0, 0.1) is 0 Å². The molecule has 3 heterocycles. The van der Waals surface area contributed by atoms with Gasteiger partial charge in [-0.1, -0.05) is 23.2 Å². The van der Waals surface area contributed by atoms with E-state index in [2.05, 4.69) is 24.9 Å². The third kappa shape index (κ3) is 4.25. The largest absolute Gasteiger partial charge is 0.280 e. The number of aromatic amines is 1. The lowest BCUT2D eigenvalue weighted by atomic mass is 10.1. The molecule has 0 aliphatic rings. The Morgan fingerprint density at radius 1 is 0.879 bits per heavy atom. The van der Waals surface area contributed by atoms with E-state index in [1.165, 1.54) is 18.2 Å². The zero-order chi connectivity index (χ0) is 23.0. The molecule has 2 aromatic carbocycles. The van der Waals surface area contributed by atoms with Gasteiger partial charge in [-0.05, 0) is 54.6 Å². The van der Waals surface area contributed by atoms with Crippen LogP contribution in [-0.2, 0) is 10.0 Å². The molecule has 0 spiro atoms. The molecule has 0 bridgehead atoms. The molecule has 8 nitrogen and oxygen atoms in total. The minimum Gasteiger partial charge on any atom is -0.280 e. The topological polar surface area (TPSA) is 114 Å². The SMILES string of the molecule is O=S(=O)(Nc1ccc(-c2nc(-c3ccncc3)c3cn[nH]c3n2)cc1)c1cc(Cl)ccc1Cl. The van der Waals surface area contributed by atoms with Crippen molar-refractivity contribution in [3.63, 3.8) is 0 Å². The highest BCUT2D eigenvalue weighted by molar-refractivity contribution is 7.92.